The van der Waals surface area contributed by atoms with Crippen LogP contribution in [-0.4, -0.2) is 22.3 Å². The molecule has 7 heteroatoms. The van der Waals surface area contributed by atoms with Gasteiger partial charge in [-0.05, 0) is 60.0 Å². The Hall–Kier alpha value is -2.15. The second-order valence-electron chi connectivity index (χ2n) is 5.17. The summed E-state index contributed by atoms with van der Waals surface area (Å²) in [7, 11) is 0. The van der Waals surface area contributed by atoms with Crippen LogP contribution in [0.5, 0.6) is 5.75 Å². The number of halogens is 1. The number of nitrogens with one attached hydrogen (secondary N) is 2. The quantitative estimate of drug-likeness (QED) is 0.596. The molecule has 0 amide bonds. The fourth-order valence-corrected chi connectivity index (χ4v) is 2.35. The molecule has 0 spiro atoms. The summed E-state index contributed by atoms with van der Waals surface area (Å²) in [5, 5.41) is 4.09. The number of aromatic nitrogens is 2. The third-order valence-electron chi connectivity index (χ3n) is 2.86. The van der Waals surface area contributed by atoms with E-state index in [2.05, 4.69) is 36.4 Å². The van der Waals surface area contributed by atoms with Gasteiger partial charge in [0.2, 0.25) is 5.95 Å². The molecule has 23 heavy (non-hydrogen) atoms. The molecule has 0 radical (unpaired) electrons. The summed E-state index contributed by atoms with van der Waals surface area (Å²) in [5.74, 6) is 1.11. The number of nitrogens with zero attached hydrogens (tertiary/aromatic N) is 2. The number of ether oxygens (including phenoxy) is 1. The largest absolute Gasteiger partial charge is 0.490 e. The molecule has 122 valence electrons. The Balaban J connectivity index is 2.07. The maximum atomic E-state index is 11.5. The molecule has 0 saturated heterocycles. The predicted molar refractivity (Wildman–Crippen MR) is 95.4 cm³/mol. The third-order valence-corrected chi connectivity index (χ3v) is 3.48. The molecule has 2 rings (SSSR count). The number of hydrogen-bond donors (Lipinski definition) is 2. The van der Waals surface area contributed by atoms with Crippen LogP contribution in [0.15, 0.2) is 38.6 Å². The summed E-state index contributed by atoms with van der Waals surface area (Å²) in [5.41, 5.74) is 4.13. The minimum Gasteiger partial charge on any atom is -0.490 e. The fraction of sp³-hybridized carbons (Fsp3) is 0.312. The first kappa shape index (κ1) is 17.2. The van der Waals surface area contributed by atoms with E-state index in [9.17, 15) is 4.79 Å². The Bertz CT molecular complexity index is 756. The molecule has 0 aliphatic heterocycles. The van der Waals surface area contributed by atoms with Crippen molar-refractivity contribution in [2.24, 2.45) is 5.10 Å². The van der Waals surface area contributed by atoms with E-state index in [-0.39, 0.29) is 11.7 Å². The highest BCUT2D eigenvalue weighted by Gasteiger charge is 2.04. The van der Waals surface area contributed by atoms with Gasteiger partial charge in [0.05, 0.1) is 16.8 Å². The first-order valence-corrected chi connectivity index (χ1v) is 8.12. The molecule has 0 aliphatic carbocycles. The van der Waals surface area contributed by atoms with Crippen LogP contribution in [0.2, 0.25) is 0 Å². The number of benzene rings is 1. The Morgan fingerprint density at radius 1 is 1.43 bits per heavy atom. The van der Waals surface area contributed by atoms with Crippen LogP contribution in [-0.2, 0) is 6.42 Å². The van der Waals surface area contributed by atoms with Gasteiger partial charge in [0.1, 0.15) is 5.75 Å². The van der Waals surface area contributed by atoms with Crippen LogP contribution >= 0.6 is 15.9 Å². The van der Waals surface area contributed by atoms with Crippen molar-refractivity contribution in [2.75, 3.05) is 5.43 Å². The zero-order valence-electron chi connectivity index (χ0n) is 13.3. The second-order valence-corrected chi connectivity index (χ2v) is 6.02. The van der Waals surface area contributed by atoms with Gasteiger partial charge in [-0.3, -0.25) is 9.78 Å². The summed E-state index contributed by atoms with van der Waals surface area (Å²) in [4.78, 5) is 18.3. The molecular weight excluding hydrogens is 360 g/mol. The monoisotopic (exact) mass is 378 g/mol. The fourth-order valence-electron chi connectivity index (χ4n) is 1.86. The Morgan fingerprint density at radius 2 is 2.22 bits per heavy atom. The van der Waals surface area contributed by atoms with Crippen molar-refractivity contribution in [3.8, 4) is 5.75 Å². The van der Waals surface area contributed by atoms with Crippen LogP contribution in [0.3, 0.4) is 0 Å². The third kappa shape index (κ3) is 5.21. The Morgan fingerprint density at radius 3 is 2.87 bits per heavy atom. The molecule has 1 aromatic carbocycles. The highest BCUT2D eigenvalue weighted by Crippen LogP contribution is 2.26. The van der Waals surface area contributed by atoms with Gasteiger partial charge >= 0.3 is 0 Å². The molecule has 1 heterocycles. The summed E-state index contributed by atoms with van der Waals surface area (Å²) in [6.45, 7) is 5.89. The highest BCUT2D eigenvalue weighted by atomic mass is 79.9. The molecule has 0 unspecified atom stereocenters. The number of aryl methyl sites for hydroxylation is 1. The first-order chi connectivity index (χ1) is 11.0. The number of hydrazone groups is 1. The SMILES string of the molecule is CCc1cc(=O)[nH]c(N/N=C\c2ccc(OC(C)C)c(Br)c2)n1. The number of aromatic amines is 1. The van der Waals surface area contributed by atoms with Crippen molar-refractivity contribution in [3.05, 3.63) is 50.3 Å². The van der Waals surface area contributed by atoms with E-state index in [1.807, 2.05) is 39.0 Å². The average Bonchev–Trinajstić information content (AvgIpc) is 2.49. The lowest BCUT2D eigenvalue weighted by Gasteiger charge is -2.11. The zero-order valence-corrected chi connectivity index (χ0v) is 14.8. The van der Waals surface area contributed by atoms with Crippen molar-refractivity contribution in [3.63, 3.8) is 0 Å². The van der Waals surface area contributed by atoms with Gasteiger partial charge in [-0.2, -0.15) is 5.10 Å². The lowest BCUT2D eigenvalue weighted by Crippen LogP contribution is -2.11. The maximum Gasteiger partial charge on any atom is 0.252 e. The predicted octanol–water partition coefficient (Wildman–Crippen LogP) is 3.33. The van der Waals surface area contributed by atoms with Crippen LogP contribution in [0.25, 0.3) is 0 Å². The molecular formula is C16H19BrN4O2. The maximum absolute atomic E-state index is 11.5. The van der Waals surface area contributed by atoms with E-state index in [0.717, 1.165) is 15.8 Å². The van der Waals surface area contributed by atoms with Crippen LogP contribution < -0.4 is 15.7 Å². The number of anilines is 1. The van der Waals surface area contributed by atoms with Gasteiger partial charge in [-0.15, -0.1) is 0 Å². The molecule has 6 nitrogen and oxygen atoms in total. The number of rotatable bonds is 6. The van der Waals surface area contributed by atoms with Crippen LogP contribution in [0.4, 0.5) is 5.95 Å². The van der Waals surface area contributed by atoms with Gasteiger partial charge < -0.3 is 4.74 Å². The second kappa shape index (κ2) is 7.92. The van der Waals surface area contributed by atoms with Crippen molar-refractivity contribution >= 4 is 28.1 Å². The van der Waals surface area contributed by atoms with Gasteiger partial charge in [0.25, 0.3) is 5.56 Å². The lowest BCUT2D eigenvalue weighted by molar-refractivity contribution is 0.241. The van der Waals surface area contributed by atoms with Gasteiger partial charge in [0.15, 0.2) is 0 Å². The molecule has 0 atom stereocenters. The number of H-pyrrole nitrogens is 1. The van der Waals surface area contributed by atoms with Crippen LogP contribution in [0, 0.1) is 0 Å². The van der Waals surface area contributed by atoms with Gasteiger partial charge in [-0.25, -0.2) is 10.4 Å². The lowest BCUT2D eigenvalue weighted by atomic mass is 10.2. The van der Waals surface area contributed by atoms with Crippen LogP contribution in [0.1, 0.15) is 32.0 Å². The van der Waals surface area contributed by atoms with E-state index in [1.165, 1.54) is 6.07 Å². The molecule has 0 aliphatic rings. The van der Waals surface area contributed by atoms with E-state index in [0.29, 0.717) is 18.1 Å². The van der Waals surface area contributed by atoms with Gasteiger partial charge in [0, 0.05) is 11.8 Å². The molecule has 1 aromatic heterocycles. The summed E-state index contributed by atoms with van der Waals surface area (Å²) < 4.78 is 6.51. The Kier molecular flexibility index (Phi) is 5.92. The van der Waals surface area contributed by atoms with E-state index in [4.69, 9.17) is 4.74 Å². The topological polar surface area (TPSA) is 79.4 Å². The zero-order chi connectivity index (χ0) is 16.8. The molecule has 0 fully saturated rings. The Labute approximate surface area is 143 Å². The summed E-state index contributed by atoms with van der Waals surface area (Å²) in [6.07, 6.45) is 2.44. The van der Waals surface area contributed by atoms with Crippen molar-refractivity contribution in [1.82, 2.24) is 9.97 Å². The molecule has 2 aromatic rings. The van der Waals surface area contributed by atoms with E-state index >= 15 is 0 Å². The first-order valence-electron chi connectivity index (χ1n) is 7.33. The minimum absolute atomic E-state index is 0.112. The summed E-state index contributed by atoms with van der Waals surface area (Å²) in [6, 6.07) is 7.15. The van der Waals surface area contributed by atoms with Crippen molar-refractivity contribution in [1.29, 1.82) is 0 Å². The molecule has 2 N–H and O–H groups in total. The summed E-state index contributed by atoms with van der Waals surface area (Å²) >= 11 is 3.47. The highest BCUT2D eigenvalue weighted by molar-refractivity contribution is 9.10. The van der Waals surface area contributed by atoms with Crippen molar-refractivity contribution < 1.29 is 4.74 Å². The van der Waals surface area contributed by atoms with Crippen molar-refractivity contribution in [2.45, 2.75) is 33.3 Å². The number of hydrogen-bond acceptors (Lipinski definition) is 5. The molecule has 0 bridgehead atoms. The smallest absolute Gasteiger partial charge is 0.252 e. The van der Waals surface area contributed by atoms with E-state index in [1.54, 1.807) is 6.21 Å². The van der Waals surface area contributed by atoms with E-state index < -0.39 is 0 Å². The normalized spacial score (nSPS) is 11.2. The molecule has 0 saturated carbocycles. The minimum atomic E-state index is -0.201. The average molecular weight is 379 g/mol. The standard InChI is InChI=1S/C16H19BrN4O2/c1-4-12-8-15(22)20-16(19-12)21-18-9-11-5-6-14(13(17)7-11)23-10(2)3/h5-10H,4H2,1-3H3,(H2,19,20,21,22)/b18-9-. The van der Waals surface area contributed by atoms with Gasteiger partial charge in [-0.1, -0.05) is 6.92 Å².